The van der Waals surface area contributed by atoms with E-state index in [0.29, 0.717) is 0 Å². The van der Waals surface area contributed by atoms with Gasteiger partial charge in [0.15, 0.2) is 0 Å². The molecule has 1 nitrogen and oxygen atoms in total. The monoisotopic (exact) mass is 130 g/mol. The average Bonchev–Trinajstić information content (AvgIpc) is 1.83. The Kier molecular flexibility index (Phi) is 4.78. The van der Waals surface area contributed by atoms with E-state index in [1.54, 1.807) is 0 Å². The third-order valence-electron chi connectivity index (χ3n) is 1.77. The van der Waals surface area contributed by atoms with E-state index in [0.717, 1.165) is 18.8 Å². The molecule has 0 amide bonds. The maximum Gasteiger partial charge on any atom is 0.0512 e. The molecule has 0 bridgehead atoms. The van der Waals surface area contributed by atoms with E-state index in [9.17, 15) is 0 Å². The molecule has 0 heterocycles. The zero-order valence-electron chi connectivity index (χ0n) is 6.72. The summed E-state index contributed by atoms with van der Waals surface area (Å²) in [5.74, 6) is 0.777. The SMILES string of the molecule is CC[C@@H](C)CC[C@@H](C)O. The Bertz CT molecular complexity index is 59.6. The van der Waals surface area contributed by atoms with Gasteiger partial charge in [-0.25, -0.2) is 0 Å². The van der Waals surface area contributed by atoms with E-state index in [1.165, 1.54) is 6.42 Å². The first-order valence-corrected chi connectivity index (χ1v) is 3.84. The fourth-order valence-electron chi connectivity index (χ4n) is 0.730. The second kappa shape index (κ2) is 4.80. The van der Waals surface area contributed by atoms with Crippen LogP contribution < -0.4 is 0 Å². The van der Waals surface area contributed by atoms with Crippen molar-refractivity contribution in [2.45, 2.75) is 46.1 Å². The van der Waals surface area contributed by atoms with Crippen LogP contribution in [0.5, 0.6) is 0 Å². The summed E-state index contributed by atoms with van der Waals surface area (Å²) in [6.45, 7) is 6.26. The molecule has 56 valence electrons. The van der Waals surface area contributed by atoms with E-state index in [4.69, 9.17) is 5.11 Å². The van der Waals surface area contributed by atoms with Gasteiger partial charge in [0.2, 0.25) is 0 Å². The number of hydrogen-bond donors (Lipinski definition) is 1. The van der Waals surface area contributed by atoms with Gasteiger partial charge >= 0.3 is 0 Å². The first-order valence-electron chi connectivity index (χ1n) is 3.84. The molecule has 2 atom stereocenters. The second-order valence-corrected chi connectivity index (χ2v) is 2.94. The van der Waals surface area contributed by atoms with Gasteiger partial charge < -0.3 is 5.11 Å². The molecule has 0 aliphatic carbocycles. The lowest BCUT2D eigenvalue weighted by Gasteiger charge is -2.08. The van der Waals surface area contributed by atoms with Gasteiger partial charge in [0.25, 0.3) is 0 Å². The van der Waals surface area contributed by atoms with Crippen LogP contribution in [0.3, 0.4) is 0 Å². The molecular weight excluding hydrogens is 112 g/mol. The summed E-state index contributed by atoms with van der Waals surface area (Å²) in [4.78, 5) is 0. The standard InChI is InChI=1S/C8H18O/c1-4-7(2)5-6-8(3)9/h7-9H,4-6H2,1-3H3/t7-,8-/m1/s1. The third-order valence-corrected chi connectivity index (χ3v) is 1.77. The minimum Gasteiger partial charge on any atom is -0.393 e. The lowest BCUT2D eigenvalue weighted by Crippen LogP contribution is -2.02. The van der Waals surface area contributed by atoms with Gasteiger partial charge in [-0.05, 0) is 25.7 Å². The molecule has 1 heteroatoms. The van der Waals surface area contributed by atoms with Crippen molar-refractivity contribution >= 4 is 0 Å². The fraction of sp³-hybridized carbons (Fsp3) is 1.00. The maximum absolute atomic E-state index is 8.90. The quantitative estimate of drug-likeness (QED) is 0.618. The molecule has 0 fully saturated rings. The van der Waals surface area contributed by atoms with Crippen LogP contribution in [0.4, 0.5) is 0 Å². The molecule has 0 rings (SSSR count). The summed E-state index contributed by atoms with van der Waals surface area (Å²) in [5, 5.41) is 8.90. The van der Waals surface area contributed by atoms with E-state index in [1.807, 2.05) is 6.92 Å². The number of aliphatic hydroxyl groups is 1. The van der Waals surface area contributed by atoms with Crippen molar-refractivity contribution in [1.29, 1.82) is 0 Å². The van der Waals surface area contributed by atoms with Crippen LogP contribution in [0.25, 0.3) is 0 Å². The van der Waals surface area contributed by atoms with Crippen LogP contribution in [-0.4, -0.2) is 11.2 Å². The lowest BCUT2D eigenvalue weighted by atomic mass is 10.0. The molecule has 0 aromatic rings. The summed E-state index contributed by atoms with van der Waals surface area (Å²) in [6.07, 6.45) is 3.23. The highest BCUT2D eigenvalue weighted by Gasteiger charge is 2.00. The van der Waals surface area contributed by atoms with Gasteiger partial charge in [0, 0.05) is 0 Å². The minimum atomic E-state index is -0.112. The van der Waals surface area contributed by atoms with Crippen LogP contribution in [0, 0.1) is 5.92 Å². The fourth-order valence-corrected chi connectivity index (χ4v) is 0.730. The Hall–Kier alpha value is -0.0400. The Morgan fingerprint density at radius 2 is 1.78 bits per heavy atom. The summed E-state index contributed by atoms with van der Waals surface area (Å²) < 4.78 is 0. The van der Waals surface area contributed by atoms with Crippen LogP contribution in [0.1, 0.15) is 40.0 Å². The summed E-state index contributed by atoms with van der Waals surface area (Å²) in [6, 6.07) is 0. The molecule has 0 aromatic heterocycles. The molecule has 0 aromatic carbocycles. The predicted octanol–water partition coefficient (Wildman–Crippen LogP) is 2.19. The zero-order valence-corrected chi connectivity index (χ0v) is 6.72. The van der Waals surface area contributed by atoms with Gasteiger partial charge in [0.05, 0.1) is 6.10 Å². The van der Waals surface area contributed by atoms with Gasteiger partial charge in [-0.2, -0.15) is 0 Å². The molecule has 0 aliphatic rings. The van der Waals surface area contributed by atoms with Crippen molar-refractivity contribution in [3.63, 3.8) is 0 Å². The largest absolute Gasteiger partial charge is 0.393 e. The summed E-state index contributed by atoms with van der Waals surface area (Å²) >= 11 is 0. The highest BCUT2D eigenvalue weighted by Crippen LogP contribution is 2.10. The summed E-state index contributed by atoms with van der Waals surface area (Å²) in [5.41, 5.74) is 0. The normalized spacial score (nSPS) is 17.3. The van der Waals surface area contributed by atoms with Crippen molar-refractivity contribution in [2.24, 2.45) is 5.92 Å². The molecule has 0 unspecified atom stereocenters. The molecule has 0 spiro atoms. The maximum atomic E-state index is 8.90. The van der Waals surface area contributed by atoms with Crippen molar-refractivity contribution < 1.29 is 5.11 Å². The lowest BCUT2D eigenvalue weighted by molar-refractivity contribution is 0.174. The first-order chi connectivity index (χ1) is 4.16. The van der Waals surface area contributed by atoms with Gasteiger partial charge in [0.1, 0.15) is 0 Å². The predicted molar refractivity (Wildman–Crippen MR) is 40.4 cm³/mol. The summed E-state index contributed by atoms with van der Waals surface area (Å²) in [7, 11) is 0. The third kappa shape index (κ3) is 5.84. The number of rotatable bonds is 4. The van der Waals surface area contributed by atoms with Crippen molar-refractivity contribution in [3.8, 4) is 0 Å². The Morgan fingerprint density at radius 3 is 2.11 bits per heavy atom. The molecule has 0 saturated carbocycles. The molecule has 9 heavy (non-hydrogen) atoms. The van der Waals surface area contributed by atoms with Gasteiger partial charge in [-0.15, -0.1) is 0 Å². The molecular formula is C8H18O. The van der Waals surface area contributed by atoms with E-state index in [-0.39, 0.29) is 6.10 Å². The van der Waals surface area contributed by atoms with E-state index >= 15 is 0 Å². The van der Waals surface area contributed by atoms with Crippen molar-refractivity contribution in [3.05, 3.63) is 0 Å². The van der Waals surface area contributed by atoms with E-state index < -0.39 is 0 Å². The highest BCUT2D eigenvalue weighted by atomic mass is 16.3. The average molecular weight is 130 g/mol. The Labute approximate surface area is 58.1 Å². The smallest absolute Gasteiger partial charge is 0.0512 e. The minimum absolute atomic E-state index is 0.112. The van der Waals surface area contributed by atoms with E-state index in [2.05, 4.69) is 13.8 Å². The zero-order chi connectivity index (χ0) is 7.28. The van der Waals surface area contributed by atoms with Crippen LogP contribution in [0.2, 0.25) is 0 Å². The van der Waals surface area contributed by atoms with Crippen molar-refractivity contribution in [1.82, 2.24) is 0 Å². The van der Waals surface area contributed by atoms with Gasteiger partial charge in [-0.3, -0.25) is 0 Å². The van der Waals surface area contributed by atoms with Crippen LogP contribution in [0.15, 0.2) is 0 Å². The number of aliphatic hydroxyl groups excluding tert-OH is 1. The highest BCUT2D eigenvalue weighted by molar-refractivity contribution is 4.53. The topological polar surface area (TPSA) is 20.2 Å². The van der Waals surface area contributed by atoms with Crippen molar-refractivity contribution in [2.75, 3.05) is 0 Å². The molecule has 0 aliphatic heterocycles. The Morgan fingerprint density at radius 1 is 1.22 bits per heavy atom. The Balaban J connectivity index is 3.06. The number of hydrogen-bond acceptors (Lipinski definition) is 1. The second-order valence-electron chi connectivity index (χ2n) is 2.94. The van der Waals surface area contributed by atoms with Crippen LogP contribution in [-0.2, 0) is 0 Å². The molecule has 0 saturated heterocycles. The van der Waals surface area contributed by atoms with Crippen LogP contribution >= 0.6 is 0 Å². The first kappa shape index (κ1) is 8.96. The molecule has 0 radical (unpaired) electrons. The molecule has 1 N–H and O–H groups in total. The van der Waals surface area contributed by atoms with Gasteiger partial charge in [-0.1, -0.05) is 20.3 Å².